The minimum absolute atomic E-state index is 0.271. The van der Waals surface area contributed by atoms with E-state index in [-0.39, 0.29) is 17.3 Å². The first-order valence-corrected chi connectivity index (χ1v) is 12.2. The molecule has 2 aromatic carbocycles. The highest BCUT2D eigenvalue weighted by Gasteiger charge is 2.27. The predicted molar refractivity (Wildman–Crippen MR) is 134 cm³/mol. The second-order valence-corrected chi connectivity index (χ2v) is 9.68. The second kappa shape index (κ2) is 9.27. The van der Waals surface area contributed by atoms with E-state index < -0.39 is 0 Å². The molecule has 0 unspecified atom stereocenters. The third kappa shape index (κ3) is 4.54. The smallest absolute Gasteiger partial charge is 0.258 e. The van der Waals surface area contributed by atoms with Crippen LogP contribution in [-0.2, 0) is 0 Å². The maximum Gasteiger partial charge on any atom is 0.258 e. The Kier molecular flexibility index (Phi) is 6.21. The van der Waals surface area contributed by atoms with Crippen molar-refractivity contribution < 1.29 is 9.50 Å². The Morgan fingerprint density at radius 3 is 2.55 bits per heavy atom. The van der Waals surface area contributed by atoms with Crippen molar-refractivity contribution in [2.75, 3.05) is 31.1 Å². The van der Waals surface area contributed by atoms with Crippen molar-refractivity contribution in [1.29, 1.82) is 0 Å². The number of likely N-dealkylation sites (tertiary alicyclic amines) is 1. The summed E-state index contributed by atoms with van der Waals surface area (Å²) in [5.41, 5.74) is 1.04. The average Bonchev–Trinajstić information content (AvgIpc) is 3.34. The van der Waals surface area contributed by atoms with Gasteiger partial charge >= 0.3 is 0 Å². The minimum atomic E-state index is -0.379. The van der Waals surface area contributed by atoms with Crippen molar-refractivity contribution in [3.05, 3.63) is 62.6 Å². The quantitative estimate of drug-likeness (QED) is 0.485. The second-order valence-electron chi connectivity index (χ2n) is 8.76. The maximum absolute atomic E-state index is 15.0. The SMILES string of the molecule is O=c1[nH]c(O)c(C=Nc2ccc(N3CCC(N4CCCC4)CC3)c(F)c2)c2cc(Br)ccc12. The number of rotatable bonds is 4. The van der Waals surface area contributed by atoms with Crippen LogP contribution in [0.25, 0.3) is 10.8 Å². The molecule has 0 spiro atoms. The number of aromatic hydroxyl groups is 1. The van der Waals surface area contributed by atoms with Gasteiger partial charge in [0.05, 0.1) is 16.9 Å². The van der Waals surface area contributed by atoms with E-state index in [1.165, 1.54) is 38.2 Å². The molecule has 0 bridgehead atoms. The molecule has 172 valence electrons. The third-order valence-corrected chi connectivity index (χ3v) is 7.23. The number of benzene rings is 2. The highest BCUT2D eigenvalue weighted by molar-refractivity contribution is 9.10. The number of nitrogens with zero attached hydrogens (tertiary/aromatic N) is 3. The summed E-state index contributed by atoms with van der Waals surface area (Å²) in [7, 11) is 0. The number of piperidine rings is 1. The van der Waals surface area contributed by atoms with Crippen LogP contribution >= 0.6 is 15.9 Å². The van der Waals surface area contributed by atoms with Gasteiger partial charge in [0.25, 0.3) is 5.56 Å². The predicted octanol–water partition coefficient (Wildman–Crippen LogP) is 4.95. The molecule has 0 saturated carbocycles. The lowest BCUT2D eigenvalue weighted by Crippen LogP contribution is -2.44. The zero-order valence-electron chi connectivity index (χ0n) is 18.2. The number of halogens is 2. The number of anilines is 1. The van der Waals surface area contributed by atoms with Gasteiger partial charge in [-0.2, -0.15) is 0 Å². The van der Waals surface area contributed by atoms with Crippen LogP contribution in [0.1, 0.15) is 31.2 Å². The summed E-state index contributed by atoms with van der Waals surface area (Å²) >= 11 is 3.39. The van der Waals surface area contributed by atoms with Gasteiger partial charge in [-0.05, 0) is 69.1 Å². The molecule has 6 nitrogen and oxygen atoms in total. The Hall–Kier alpha value is -2.71. The fraction of sp³-hybridized carbons (Fsp3) is 0.360. The van der Waals surface area contributed by atoms with Crippen molar-refractivity contribution in [1.82, 2.24) is 9.88 Å². The lowest BCUT2D eigenvalue weighted by molar-refractivity contribution is 0.207. The van der Waals surface area contributed by atoms with Gasteiger partial charge in [0.15, 0.2) is 0 Å². The van der Waals surface area contributed by atoms with E-state index in [1.54, 1.807) is 30.3 Å². The molecule has 0 atom stereocenters. The van der Waals surface area contributed by atoms with Crippen LogP contribution in [0.5, 0.6) is 5.88 Å². The molecule has 0 radical (unpaired) electrons. The number of pyridine rings is 1. The molecule has 1 aromatic heterocycles. The number of aromatic nitrogens is 1. The molecule has 2 fully saturated rings. The van der Waals surface area contributed by atoms with Gasteiger partial charge < -0.3 is 14.9 Å². The van der Waals surface area contributed by atoms with Crippen LogP contribution in [0.3, 0.4) is 0 Å². The van der Waals surface area contributed by atoms with Crippen LogP contribution in [-0.4, -0.2) is 53.4 Å². The Labute approximate surface area is 199 Å². The van der Waals surface area contributed by atoms with Gasteiger partial charge in [0.2, 0.25) is 5.88 Å². The summed E-state index contributed by atoms with van der Waals surface area (Å²) in [6, 6.07) is 10.8. The fourth-order valence-electron chi connectivity index (χ4n) is 4.99. The number of hydrogen-bond donors (Lipinski definition) is 2. The average molecular weight is 513 g/mol. The number of hydrogen-bond acceptors (Lipinski definition) is 5. The Morgan fingerprint density at radius 2 is 1.82 bits per heavy atom. The van der Waals surface area contributed by atoms with E-state index in [0.29, 0.717) is 33.8 Å². The van der Waals surface area contributed by atoms with Crippen LogP contribution in [0.4, 0.5) is 15.8 Å². The highest BCUT2D eigenvalue weighted by Crippen LogP contribution is 2.30. The molecule has 2 N–H and O–H groups in total. The first-order valence-electron chi connectivity index (χ1n) is 11.4. The van der Waals surface area contributed by atoms with Gasteiger partial charge in [-0.3, -0.25) is 14.8 Å². The first-order chi connectivity index (χ1) is 16.0. The van der Waals surface area contributed by atoms with Crippen molar-refractivity contribution in [2.24, 2.45) is 4.99 Å². The zero-order valence-corrected chi connectivity index (χ0v) is 19.8. The molecule has 2 aliphatic heterocycles. The van der Waals surface area contributed by atoms with Gasteiger partial charge in [-0.25, -0.2) is 4.39 Å². The number of fused-ring (bicyclic) bond motifs is 1. The standard InChI is InChI=1S/C25H26BrFN4O2/c26-16-3-5-19-20(13-16)21(25(33)29-24(19)32)15-28-17-4-6-23(22(27)14-17)31-11-7-18(8-12-31)30-9-1-2-10-30/h3-6,13-15,18H,1-2,7-12H2,(H2,29,32,33). The molecule has 0 amide bonds. The lowest BCUT2D eigenvalue weighted by atomic mass is 10.0. The topological polar surface area (TPSA) is 71.9 Å². The van der Waals surface area contributed by atoms with Crippen LogP contribution < -0.4 is 10.5 Å². The van der Waals surface area contributed by atoms with E-state index >= 15 is 0 Å². The monoisotopic (exact) mass is 512 g/mol. The van der Waals surface area contributed by atoms with Crippen LogP contribution in [0.2, 0.25) is 0 Å². The van der Waals surface area contributed by atoms with Crippen LogP contribution in [0.15, 0.2) is 50.7 Å². The number of nitrogens with one attached hydrogen (secondary N) is 1. The maximum atomic E-state index is 15.0. The summed E-state index contributed by atoms with van der Waals surface area (Å²) in [5, 5.41) is 11.3. The van der Waals surface area contributed by atoms with E-state index in [2.05, 4.69) is 35.7 Å². The zero-order chi connectivity index (χ0) is 22.9. The van der Waals surface area contributed by atoms with Crippen molar-refractivity contribution in [3.8, 4) is 5.88 Å². The van der Waals surface area contributed by atoms with Crippen molar-refractivity contribution in [3.63, 3.8) is 0 Å². The molecule has 8 heteroatoms. The van der Waals surface area contributed by atoms with Gasteiger partial charge in [-0.15, -0.1) is 0 Å². The van der Waals surface area contributed by atoms with E-state index in [1.807, 2.05) is 0 Å². The normalized spacial score (nSPS) is 18.1. The molecule has 0 aliphatic carbocycles. The first kappa shape index (κ1) is 22.1. The number of aliphatic imine (C=N–C) groups is 1. The Bertz CT molecular complexity index is 1260. The molecule has 5 rings (SSSR count). The van der Waals surface area contributed by atoms with Gasteiger partial charge in [0, 0.05) is 46.7 Å². The van der Waals surface area contributed by atoms with E-state index in [9.17, 15) is 14.3 Å². The highest BCUT2D eigenvalue weighted by atomic mass is 79.9. The van der Waals surface area contributed by atoms with Gasteiger partial charge in [0.1, 0.15) is 5.82 Å². The van der Waals surface area contributed by atoms with E-state index in [0.717, 1.165) is 30.4 Å². The summed E-state index contributed by atoms with van der Waals surface area (Å²) in [6.45, 7) is 4.10. The number of aromatic amines is 1. The van der Waals surface area contributed by atoms with E-state index in [4.69, 9.17) is 0 Å². The molecular weight excluding hydrogens is 487 g/mol. The van der Waals surface area contributed by atoms with Crippen molar-refractivity contribution >= 4 is 44.3 Å². The summed E-state index contributed by atoms with van der Waals surface area (Å²) < 4.78 is 15.7. The van der Waals surface area contributed by atoms with Gasteiger partial charge in [-0.1, -0.05) is 15.9 Å². The van der Waals surface area contributed by atoms with Crippen LogP contribution in [0, 0.1) is 5.82 Å². The molecular formula is C25H26BrFN4O2. The summed E-state index contributed by atoms with van der Waals surface area (Å²) in [6.07, 6.45) is 6.17. The number of H-pyrrole nitrogens is 1. The van der Waals surface area contributed by atoms with Crippen molar-refractivity contribution in [2.45, 2.75) is 31.7 Å². The minimum Gasteiger partial charge on any atom is -0.494 e. The third-order valence-electron chi connectivity index (χ3n) is 6.74. The summed E-state index contributed by atoms with van der Waals surface area (Å²) in [5.74, 6) is -0.574. The molecule has 2 aliphatic rings. The molecule has 33 heavy (non-hydrogen) atoms. The molecule has 2 saturated heterocycles. The Balaban J connectivity index is 1.34. The molecule has 3 heterocycles. The summed E-state index contributed by atoms with van der Waals surface area (Å²) in [4.78, 5) is 23.6. The molecule has 3 aromatic rings. The fourth-order valence-corrected chi connectivity index (χ4v) is 5.35. The Morgan fingerprint density at radius 1 is 1.06 bits per heavy atom. The largest absolute Gasteiger partial charge is 0.494 e. The lowest BCUT2D eigenvalue weighted by Gasteiger charge is -2.37.